The number of hydrogen-bond acceptors (Lipinski definition) is 4. The zero-order chi connectivity index (χ0) is 15.4. The van der Waals surface area contributed by atoms with Gasteiger partial charge < -0.3 is 19.8 Å². The number of amides is 1. The van der Waals surface area contributed by atoms with Gasteiger partial charge in [-0.25, -0.2) is 0 Å². The summed E-state index contributed by atoms with van der Waals surface area (Å²) in [4.78, 5) is 13.6. The van der Waals surface area contributed by atoms with E-state index in [4.69, 9.17) is 33.0 Å². The predicted molar refractivity (Wildman–Crippen MR) is 79.7 cm³/mol. The maximum Gasteiger partial charge on any atom is 0.260 e. The van der Waals surface area contributed by atoms with Crippen molar-refractivity contribution in [1.82, 2.24) is 4.90 Å². The largest absolute Gasteiger partial charge is 0.482 e. The van der Waals surface area contributed by atoms with Gasteiger partial charge in [0.2, 0.25) is 0 Å². The second-order valence-corrected chi connectivity index (χ2v) is 5.85. The van der Waals surface area contributed by atoms with Gasteiger partial charge in [0, 0.05) is 30.6 Å². The number of hydrogen-bond donors (Lipinski definition) is 2. The molecule has 1 aliphatic heterocycles. The van der Waals surface area contributed by atoms with Crippen LogP contribution in [0.3, 0.4) is 0 Å². The summed E-state index contributed by atoms with van der Waals surface area (Å²) in [6.07, 6.45) is -0.128. The number of aliphatic hydroxyl groups excluding tert-OH is 2. The minimum atomic E-state index is -0.702. The summed E-state index contributed by atoms with van der Waals surface area (Å²) in [6, 6.07) is 4.77. The molecule has 1 fully saturated rings. The van der Waals surface area contributed by atoms with Crippen molar-refractivity contribution in [3.05, 3.63) is 28.2 Å². The van der Waals surface area contributed by atoms with E-state index in [1.165, 1.54) is 4.90 Å². The van der Waals surface area contributed by atoms with Crippen molar-refractivity contribution in [2.75, 3.05) is 26.3 Å². The number of carbonyl (C=O) groups excluding carboxylic acids is 1. The third kappa shape index (κ3) is 4.23. The number of aliphatic hydroxyl groups is 2. The molecule has 1 aliphatic rings. The van der Waals surface area contributed by atoms with Crippen molar-refractivity contribution in [3.8, 4) is 5.75 Å². The lowest BCUT2D eigenvalue weighted by Crippen LogP contribution is -2.48. The lowest BCUT2D eigenvalue weighted by Gasteiger charge is -2.35. The first kappa shape index (κ1) is 16.4. The van der Waals surface area contributed by atoms with Gasteiger partial charge in [0.1, 0.15) is 5.75 Å². The fourth-order valence-corrected chi connectivity index (χ4v) is 2.71. The fourth-order valence-electron chi connectivity index (χ4n) is 2.24. The molecule has 0 spiro atoms. The monoisotopic (exact) mass is 333 g/mol. The van der Waals surface area contributed by atoms with Crippen molar-refractivity contribution >= 4 is 29.1 Å². The van der Waals surface area contributed by atoms with Crippen LogP contribution in [0.4, 0.5) is 0 Å². The number of ether oxygens (including phenoxy) is 1. The Morgan fingerprint density at radius 2 is 2.19 bits per heavy atom. The first-order chi connectivity index (χ1) is 10.0. The Balaban J connectivity index is 1.87. The second kappa shape index (κ2) is 7.31. The Bertz CT molecular complexity index is 512. The molecule has 0 aliphatic carbocycles. The van der Waals surface area contributed by atoms with E-state index in [0.29, 0.717) is 28.8 Å². The van der Waals surface area contributed by atoms with Gasteiger partial charge in [0.15, 0.2) is 6.61 Å². The Morgan fingerprint density at radius 1 is 1.43 bits per heavy atom. The van der Waals surface area contributed by atoms with Crippen molar-refractivity contribution in [2.24, 2.45) is 5.92 Å². The van der Waals surface area contributed by atoms with E-state index in [1.807, 2.05) is 0 Å². The zero-order valence-electron chi connectivity index (χ0n) is 11.3. The summed E-state index contributed by atoms with van der Waals surface area (Å²) in [7, 11) is 0. The number of likely N-dealkylation sites (tertiary alicyclic amines) is 1. The third-order valence-electron chi connectivity index (χ3n) is 3.55. The summed E-state index contributed by atoms with van der Waals surface area (Å²) >= 11 is 11.7. The average Bonchev–Trinajstić information content (AvgIpc) is 2.46. The van der Waals surface area contributed by atoms with E-state index >= 15 is 0 Å². The summed E-state index contributed by atoms with van der Waals surface area (Å²) in [5, 5.41) is 19.7. The fraction of sp³-hybridized carbons (Fsp3) is 0.500. The van der Waals surface area contributed by atoms with E-state index in [1.54, 1.807) is 18.2 Å². The van der Waals surface area contributed by atoms with Crippen LogP contribution in [0.5, 0.6) is 5.75 Å². The van der Waals surface area contributed by atoms with Crippen LogP contribution in [0.15, 0.2) is 18.2 Å². The van der Waals surface area contributed by atoms with Crippen molar-refractivity contribution in [3.63, 3.8) is 0 Å². The van der Waals surface area contributed by atoms with Crippen LogP contribution >= 0.6 is 23.2 Å². The molecular formula is C14H17Cl2NO4. The van der Waals surface area contributed by atoms with Crippen molar-refractivity contribution in [1.29, 1.82) is 0 Å². The Hall–Kier alpha value is -1.01. The Labute approximate surface area is 133 Å². The molecule has 1 heterocycles. The minimum Gasteiger partial charge on any atom is -0.482 e. The number of carbonyl (C=O) groups is 1. The molecule has 0 unspecified atom stereocenters. The summed E-state index contributed by atoms with van der Waals surface area (Å²) in [6.45, 7) is 0.485. The van der Waals surface area contributed by atoms with Crippen molar-refractivity contribution in [2.45, 2.75) is 12.5 Å². The average molecular weight is 334 g/mol. The quantitative estimate of drug-likeness (QED) is 0.877. The predicted octanol–water partition coefficient (Wildman–Crippen LogP) is 1.57. The SMILES string of the molecule is O=C(COc1ccc(Cl)cc1Cl)N1CC[C@H](CO)[C@H](O)C1. The summed E-state index contributed by atoms with van der Waals surface area (Å²) < 4.78 is 5.38. The number of β-amino-alcohol motifs (C(OH)–C–C–N with tert-alkyl or cyclic N) is 1. The molecule has 0 saturated carbocycles. The molecule has 0 radical (unpaired) electrons. The highest BCUT2D eigenvalue weighted by Gasteiger charge is 2.29. The van der Waals surface area contributed by atoms with Gasteiger partial charge in [-0.1, -0.05) is 23.2 Å². The topological polar surface area (TPSA) is 70.0 Å². The van der Waals surface area contributed by atoms with E-state index in [0.717, 1.165) is 0 Å². The number of benzene rings is 1. The summed E-state index contributed by atoms with van der Waals surface area (Å²) in [5.41, 5.74) is 0. The Kier molecular flexibility index (Phi) is 5.70. The standard InChI is InChI=1S/C14H17Cl2NO4/c15-10-1-2-13(11(16)5-10)21-8-14(20)17-4-3-9(7-18)12(19)6-17/h1-2,5,9,12,18-19H,3-4,6-8H2/t9-,12-/m1/s1. The van der Waals surface area contributed by atoms with Crippen LogP contribution in [-0.4, -0.2) is 53.4 Å². The van der Waals surface area contributed by atoms with Gasteiger partial charge in [0.25, 0.3) is 5.91 Å². The van der Waals surface area contributed by atoms with Crippen LogP contribution in [0.25, 0.3) is 0 Å². The molecule has 2 atom stereocenters. The number of halogens is 2. The van der Waals surface area contributed by atoms with E-state index < -0.39 is 6.10 Å². The van der Waals surface area contributed by atoms with Crippen LogP contribution in [-0.2, 0) is 4.79 Å². The van der Waals surface area contributed by atoms with Gasteiger partial charge in [-0.3, -0.25) is 4.79 Å². The molecule has 1 amide bonds. The maximum absolute atomic E-state index is 12.0. The molecule has 116 valence electrons. The zero-order valence-corrected chi connectivity index (χ0v) is 12.8. The minimum absolute atomic E-state index is 0.0694. The van der Waals surface area contributed by atoms with Gasteiger partial charge in [-0.2, -0.15) is 0 Å². The molecule has 0 aromatic heterocycles. The van der Waals surface area contributed by atoms with E-state index in [-0.39, 0.29) is 31.6 Å². The van der Waals surface area contributed by atoms with Gasteiger partial charge in [-0.05, 0) is 24.6 Å². The molecule has 2 rings (SSSR count). The molecular weight excluding hydrogens is 317 g/mol. The van der Waals surface area contributed by atoms with Crippen LogP contribution in [0.2, 0.25) is 10.0 Å². The van der Waals surface area contributed by atoms with Crippen molar-refractivity contribution < 1.29 is 19.7 Å². The molecule has 0 bridgehead atoms. The smallest absolute Gasteiger partial charge is 0.260 e. The van der Waals surface area contributed by atoms with Gasteiger partial charge in [-0.15, -0.1) is 0 Å². The molecule has 1 aromatic rings. The van der Waals surface area contributed by atoms with Gasteiger partial charge >= 0.3 is 0 Å². The molecule has 2 N–H and O–H groups in total. The molecule has 1 saturated heterocycles. The first-order valence-corrected chi connectivity index (χ1v) is 7.41. The number of nitrogens with zero attached hydrogens (tertiary/aromatic N) is 1. The summed E-state index contributed by atoms with van der Waals surface area (Å²) in [5.74, 6) is -0.00246. The maximum atomic E-state index is 12.0. The lowest BCUT2D eigenvalue weighted by atomic mass is 9.95. The Morgan fingerprint density at radius 3 is 2.81 bits per heavy atom. The lowest BCUT2D eigenvalue weighted by molar-refractivity contribution is -0.138. The second-order valence-electron chi connectivity index (χ2n) is 5.00. The molecule has 7 heteroatoms. The third-order valence-corrected chi connectivity index (χ3v) is 4.08. The first-order valence-electron chi connectivity index (χ1n) is 6.66. The van der Waals surface area contributed by atoms with Gasteiger partial charge in [0.05, 0.1) is 11.1 Å². The van der Waals surface area contributed by atoms with E-state index in [9.17, 15) is 9.90 Å². The van der Waals surface area contributed by atoms with E-state index in [2.05, 4.69) is 0 Å². The number of rotatable bonds is 4. The highest BCUT2D eigenvalue weighted by molar-refractivity contribution is 6.35. The molecule has 21 heavy (non-hydrogen) atoms. The number of piperidine rings is 1. The van der Waals surface area contributed by atoms with Crippen LogP contribution in [0, 0.1) is 5.92 Å². The normalized spacial score (nSPS) is 22.2. The molecule has 1 aromatic carbocycles. The molecule has 5 nitrogen and oxygen atoms in total. The highest BCUT2D eigenvalue weighted by atomic mass is 35.5. The van der Waals surface area contributed by atoms with Crippen LogP contribution < -0.4 is 4.74 Å². The highest BCUT2D eigenvalue weighted by Crippen LogP contribution is 2.27. The van der Waals surface area contributed by atoms with Crippen LogP contribution in [0.1, 0.15) is 6.42 Å².